The van der Waals surface area contributed by atoms with E-state index < -0.39 is 10.0 Å². The predicted octanol–water partition coefficient (Wildman–Crippen LogP) is 2.43. The van der Waals surface area contributed by atoms with E-state index in [2.05, 4.69) is 0 Å². The average molecular weight is 288 g/mol. The molecule has 0 aromatic heterocycles. The van der Waals surface area contributed by atoms with Crippen molar-refractivity contribution in [3.8, 4) is 0 Å². The lowest BCUT2D eigenvalue weighted by Gasteiger charge is -2.20. The zero-order valence-electron chi connectivity index (χ0n) is 9.80. The second kappa shape index (κ2) is 5.28. The molecule has 1 aromatic carbocycles. The van der Waals surface area contributed by atoms with Gasteiger partial charge in [0.15, 0.2) is 0 Å². The van der Waals surface area contributed by atoms with Crippen LogP contribution >= 0.6 is 11.6 Å². The Morgan fingerprint density at radius 1 is 1.06 bits per heavy atom. The van der Waals surface area contributed by atoms with Crippen molar-refractivity contribution in [2.75, 3.05) is 6.54 Å². The SMILES string of the molecule is O=C1CCCCCN1S(=O)(=O)c1ccc(Cl)cc1. The van der Waals surface area contributed by atoms with E-state index in [9.17, 15) is 13.2 Å². The van der Waals surface area contributed by atoms with Crippen LogP contribution in [0.15, 0.2) is 29.2 Å². The summed E-state index contributed by atoms with van der Waals surface area (Å²) in [7, 11) is -3.73. The summed E-state index contributed by atoms with van der Waals surface area (Å²) in [6.45, 7) is 0.268. The van der Waals surface area contributed by atoms with E-state index in [4.69, 9.17) is 11.6 Å². The van der Waals surface area contributed by atoms with Gasteiger partial charge in [0.1, 0.15) is 0 Å². The molecule has 0 saturated carbocycles. The van der Waals surface area contributed by atoms with E-state index in [1.165, 1.54) is 24.3 Å². The lowest BCUT2D eigenvalue weighted by atomic mass is 10.2. The minimum absolute atomic E-state index is 0.113. The third-order valence-corrected chi connectivity index (χ3v) is 5.02. The molecular weight excluding hydrogens is 274 g/mol. The van der Waals surface area contributed by atoms with Gasteiger partial charge < -0.3 is 0 Å². The van der Waals surface area contributed by atoms with Crippen molar-refractivity contribution >= 4 is 27.5 Å². The van der Waals surface area contributed by atoms with Crippen LogP contribution < -0.4 is 0 Å². The Hall–Kier alpha value is -1.07. The quantitative estimate of drug-likeness (QED) is 0.839. The molecule has 1 aliphatic rings. The summed E-state index contributed by atoms with van der Waals surface area (Å²) in [5, 5.41) is 0.469. The Kier molecular flexibility index (Phi) is 3.92. The molecule has 18 heavy (non-hydrogen) atoms. The molecule has 1 aromatic rings. The number of carbonyl (C=O) groups excluding carboxylic acids is 1. The Bertz CT molecular complexity index is 539. The molecule has 1 saturated heterocycles. The molecular formula is C12H14ClNO3S. The summed E-state index contributed by atoms with van der Waals surface area (Å²) in [5.41, 5.74) is 0. The van der Waals surface area contributed by atoms with Crippen LogP contribution in [0.1, 0.15) is 25.7 Å². The first kappa shape index (κ1) is 13.4. The van der Waals surface area contributed by atoms with Gasteiger partial charge in [-0.3, -0.25) is 4.79 Å². The number of hydrogen-bond donors (Lipinski definition) is 0. The first-order valence-corrected chi connectivity index (χ1v) is 7.65. The molecule has 1 fully saturated rings. The van der Waals surface area contributed by atoms with Gasteiger partial charge in [0.2, 0.25) is 5.91 Å². The molecule has 1 heterocycles. The van der Waals surface area contributed by atoms with Crippen molar-refractivity contribution in [3.05, 3.63) is 29.3 Å². The molecule has 0 unspecified atom stereocenters. The van der Waals surface area contributed by atoms with Crippen LogP contribution in [0.4, 0.5) is 0 Å². The van der Waals surface area contributed by atoms with Crippen LogP contribution in [0, 0.1) is 0 Å². The standard InChI is InChI=1S/C12H14ClNO3S/c13-10-5-7-11(8-6-10)18(16,17)14-9-3-1-2-4-12(14)15/h5-8H,1-4,9H2. The Morgan fingerprint density at radius 3 is 2.39 bits per heavy atom. The van der Waals surface area contributed by atoms with Crippen LogP contribution in [-0.4, -0.2) is 25.2 Å². The van der Waals surface area contributed by atoms with Crippen molar-refractivity contribution in [2.24, 2.45) is 0 Å². The first-order valence-electron chi connectivity index (χ1n) is 5.83. The maximum atomic E-state index is 12.3. The van der Waals surface area contributed by atoms with Gasteiger partial charge >= 0.3 is 0 Å². The molecule has 0 bridgehead atoms. The minimum Gasteiger partial charge on any atom is -0.274 e. The molecule has 0 aliphatic carbocycles. The molecule has 0 radical (unpaired) electrons. The Morgan fingerprint density at radius 2 is 1.72 bits per heavy atom. The monoisotopic (exact) mass is 287 g/mol. The summed E-state index contributed by atoms with van der Waals surface area (Å²) in [6.07, 6.45) is 2.66. The number of benzene rings is 1. The highest BCUT2D eigenvalue weighted by atomic mass is 35.5. The molecule has 6 heteroatoms. The number of rotatable bonds is 2. The second-order valence-electron chi connectivity index (χ2n) is 4.24. The van der Waals surface area contributed by atoms with Gasteiger partial charge in [-0.2, -0.15) is 0 Å². The normalized spacial score (nSPS) is 17.6. The maximum absolute atomic E-state index is 12.3. The first-order chi connectivity index (χ1) is 8.51. The number of nitrogens with zero attached hydrogens (tertiary/aromatic N) is 1. The summed E-state index contributed by atoms with van der Waals surface area (Å²) in [5.74, 6) is -0.317. The van der Waals surface area contributed by atoms with Gasteiger partial charge in [0.25, 0.3) is 10.0 Å². The summed E-state index contributed by atoms with van der Waals surface area (Å²) in [4.78, 5) is 11.9. The molecule has 1 aliphatic heterocycles. The van der Waals surface area contributed by atoms with E-state index >= 15 is 0 Å². The van der Waals surface area contributed by atoms with Crippen LogP contribution in [0.2, 0.25) is 5.02 Å². The van der Waals surface area contributed by atoms with Gasteiger partial charge in [-0.25, -0.2) is 12.7 Å². The number of halogens is 1. The van der Waals surface area contributed by atoms with Gasteiger partial charge in [0.05, 0.1) is 4.90 Å². The molecule has 4 nitrogen and oxygen atoms in total. The van der Waals surface area contributed by atoms with Crippen LogP contribution in [-0.2, 0) is 14.8 Å². The predicted molar refractivity (Wildman–Crippen MR) is 68.8 cm³/mol. The Balaban J connectivity index is 2.34. The van der Waals surface area contributed by atoms with Crippen molar-refractivity contribution in [1.82, 2.24) is 4.31 Å². The van der Waals surface area contributed by atoms with Gasteiger partial charge in [-0.05, 0) is 37.1 Å². The van der Waals surface area contributed by atoms with E-state index in [1.54, 1.807) is 0 Å². The van der Waals surface area contributed by atoms with E-state index in [0.29, 0.717) is 11.4 Å². The summed E-state index contributed by atoms with van der Waals surface area (Å²) < 4.78 is 25.6. The summed E-state index contributed by atoms with van der Waals surface area (Å²) >= 11 is 5.73. The lowest BCUT2D eigenvalue weighted by Crippen LogP contribution is -2.36. The van der Waals surface area contributed by atoms with E-state index in [1.807, 2.05) is 0 Å². The highest BCUT2D eigenvalue weighted by Crippen LogP contribution is 2.22. The average Bonchev–Trinajstić information content (AvgIpc) is 2.55. The minimum atomic E-state index is -3.73. The lowest BCUT2D eigenvalue weighted by molar-refractivity contribution is -0.126. The van der Waals surface area contributed by atoms with Crippen LogP contribution in [0.5, 0.6) is 0 Å². The zero-order chi connectivity index (χ0) is 13.2. The van der Waals surface area contributed by atoms with Crippen LogP contribution in [0.3, 0.4) is 0 Å². The summed E-state index contributed by atoms with van der Waals surface area (Å²) in [6, 6.07) is 5.87. The molecule has 0 N–H and O–H groups in total. The van der Waals surface area contributed by atoms with E-state index in [-0.39, 0.29) is 17.3 Å². The molecule has 0 spiro atoms. The fourth-order valence-corrected chi connectivity index (χ4v) is 3.54. The topological polar surface area (TPSA) is 54.5 Å². The van der Waals surface area contributed by atoms with Gasteiger partial charge in [-0.15, -0.1) is 0 Å². The number of carbonyl (C=O) groups is 1. The van der Waals surface area contributed by atoms with Crippen molar-refractivity contribution in [1.29, 1.82) is 0 Å². The van der Waals surface area contributed by atoms with Gasteiger partial charge in [0, 0.05) is 18.0 Å². The highest BCUT2D eigenvalue weighted by Gasteiger charge is 2.29. The van der Waals surface area contributed by atoms with Gasteiger partial charge in [-0.1, -0.05) is 18.0 Å². The number of hydrogen-bond acceptors (Lipinski definition) is 3. The molecule has 1 amide bonds. The van der Waals surface area contributed by atoms with Crippen LogP contribution in [0.25, 0.3) is 0 Å². The molecule has 2 rings (SSSR count). The fourth-order valence-electron chi connectivity index (χ4n) is 1.95. The smallest absolute Gasteiger partial charge is 0.266 e. The number of sulfonamides is 1. The number of amides is 1. The largest absolute Gasteiger partial charge is 0.274 e. The zero-order valence-corrected chi connectivity index (χ0v) is 11.4. The third kappa shape index (κ3) is 2.67. The van der Waals surface area contributed by atoms with Crippen molar-refractivity contribution < 1.29 is 13.2 Å². The van der Waals surface area contributed by atoms with Crippen molar-refractivity contribution in [3.63, 3.8) is 0 Å². The molecule has 0 atom stereocenters. The Labute approximate surface area is 112 Å². The second-order valence-corrected chi connectivity index (χ2v) is 6.53. The highest BCUT2D eigenvalue weighted by molar-refractivity contribution is 7.89. The maximum Gasteiger partial charge on any atom is 0.266 e. The van der Waals surface area contributed by atoms with Crippen molar-refractivity contribution in [2.45, 2.75) is 30.6 Å². The van der Waals surface area contributed by atoms with E-state index in [0.717, 1.165) is 23.6 Å². The molecule has 98 valence electrons. The third-order valence-electron chi connectivity index (χ3n) is 2.93. The fraction of sp³-hybridized carbons (Fsp3) is 0.417.